The van der Waals surface area contributed by atoms with E-state index in [9.17, 15) is 4.79 Å². The smallest absolute Gasteiger partial charge is 0.306 e. The highest BCUT2D eigenvalue weighted by Gasteiger charge is 2.17. The van der Waals surface area contributed by atoms with Crippen LogP contribution in [0, 0.1) is 0 Å². The van der Waals surface area contributed by atoms with Gasteiger partial charge in [-0.25, -0.2) is 0 Å². The molecular weight excluding hydrogens is 192 g/mol. The van der Waals surface area contributed by atoms with Crippen molar-refractivity contribution >= 4 is 5.97 Å². The Hall–Kier alpha value is -0.690. The van der Waals surface area contributed by atoms with E-state index in [1.807, 2.05) is 0 Å². The van der Waals surface area contributed by atoms with Crippen LogP contribution in [-0.4, -0.2) is 51.5 Å². The van der Waals surface area contributed by atoms with Crippen LogP contribution in [0.4, 0.5) is 0 Å². The summed E-state index contributed by atoms with van der Waals surface area (Å²) in [5.41, 5.74) is 0. The summed E-state index contributed by atoms with van der Waals surface area (Å²) in [6.07, 6.45) is -1.38. The number of aliphatic hydroxyl groups excluding tert-OH is 2. The van der Waals surface area contributed by atoms with Crippen molar-refractivity contribution in [2.24, 2.45) is 0 Å². The van der Waals surface area contributed by atoms with Gasteiger partial charge in [0.05, 0.1) is 13.0 Å². The molecule has 0 aromatic rings. The third-order valence-electron chi connectivity index (χ3n) is 1.45. The van der Waals surface area contributed by atoms with E-state index in [2.05, 4.69) is 4.74 Å². The fraction of sp³-hybridized carbons (Fsp3) is 0.875. The maximum absolute atomic E-state index is 10.9. The predicted molar refractivity (Wildman–Crippen MR) is 46.1 cm³/mol. The van der Waals surface area contributed by atoms with E-state index >= 15 is 0 Å². The van der Waals surface area contributed by atoms with Gasteiger partial charge in [-0.2, -0.15) is 0 Å². The van der Waals surface area contributed by atoms with Gasteiger partial charge in [-0.3, -0.25) is 4.79 Å². The van der Waals surface area contributed by atoms with Crippen molar-refractivity contribution in [3.63, 3.8) is 0 Å². The molecular formula is C8H16O6. The van der Waals surface area contributed by atoms with Crippen LogP contribution < -0.4 is 0 Å². The number of hydrogen-bond acceptors (Lipinski definition) is 6. The van der Waals surface area contributed by atoms with Crippen LogP contribution in [-0.2, 0) is 9.53 Å². The van der Waals surface area contributed by atoms with E-state index < -0.39 is 24.5 Å². The first-order valence-corrected chi connectivity index (χ1v) is 4.24. The lowest BCUT2D eigenvalue weighted by atomic mass is 10.2. The summed E-state index contributed by atoms with van der Waals surface area (Å²) in [4.78, 5) is 10.9. The monoisotopic (exact) mass is 208 g/mol. The number of esters is 1. The van der Waals surface area contributed by atoms with Crippen LogP contribution in [0.1, 0.15) is 19.8 Å². The molecule has 0 bridgehead atoms. The van der Waals surface area contributed by atoms with Gasteiger partial charge in [0.2, 0.25) is 0 Å². The minimum atomic E-state index is -1.89. The van der Waals surface area contributed by atoms with Gasteiger partial charge < -0.3 is 25.2 Å². The van der Waals surface area contributed by atoms with Gasteiger partial charge in [0, 0.05) is 6.42 Å². The number of rotatable bonds is 6. The molecule has 6 heteroatoms. The highest BCUT2D eigenvalue weighted by molar-refractivity contribution is 5.69. The first-order valence-electron chi connectivity index (χ1n) is 4.24. The molecule has 1 atom stereocenters. The lowest BCUT2D eigenvalue weighted by molar-refractivity contribution is -0.164. The highest BCUT2D eigenvalue weighted by Crippen LogP contribution is 2.07. The van der Waals surface area contributed by atoms with Crippen LogP contribution in [0.25, 0.3) is 0 Å². The number of aliphatic hydroxyl groups is 4. The topological polar surface area (TPSA) is 107 Å². The molecule has 0 aliphatic rings. The maximum atomic E-state index is 10.9. The molecule has 0 fully saturated rings. The third kappa shape index (κ3) is 7.93. The van der Waals surface area contributed by atoms with Crippen LogP contribution >= 0.6 is 0 Å². The predicted octanol–water partition coefficient (Wildman–Crippen LogP) is -1.64. The van der Waals surface area contributed by atoms with Gasteiger partial charge in [0.25, 0.3) is 0 Å². The van der Waals surface area contributed by atoms with Gasteiger partial charge in [0.1, 0.15) is 12.7 Å². The molecule has 0 saturated carbocycles. The van der Waals surface area contributed by atoms with E-state index in [4.69, 9.17) is 20.4 Å². The maximum Gasteiger partial charge on any atom is 0.306 e. The Kier molecular flexibility index (Phi) is 5.63. The SMILES string of the molecule is CC(O)(O)CCC(=O)OCC(O)CO. The number of ether oxygens (including phenoxy) is 1. The van der Waals surface area contributed by atoms with E-state index in [1.165, 1.54) is 0 Å². The Balaban J connectivity index is 3.57. The Bertz CT molecular complexity index is 173. The number of hydrogen-bond donors (Lipinski definition) is 4. The number of carbonyl (C=O) groups is 1. The average molecular weight is 208 g/mol. The first kappa shape index (κ1) is 13.3. The Morgan fingerprint density at radius 3 is 2.50 bits per heavy atom. The quantitative estimate of drug-likeness (QED) is 0.308. The lowest BCUT2D eigenvalue weighted by Crippen LogP contribution is -2.26. The average Bonchev–Trinajstić information content (AvgIpc) is 2.09. The second-order valence-electron chi connectivity index (χ2n) is 3.24. The standard InChI is InChI=1S/C8H16O6/c1-8(12,13)3-2-7(11)14-5-6(10)4-9/h6,9-10,12-13H,2-5H2,1H3. The fourth-order valence-corrected chi connectivity index (χ4v) is 0.653. The molecule has 84 valence electrons. The Morgan fingerprint density at radius 1 is 1.50 bits per heavy atom. The normalized spacial score (nSPS) is 13.8. The molecule has 0 saturated heterocycles. The van der Waals surface area contributed by atoms with Crippen molar-refractivity contribution in [1.82, 2.24) is 0 Å². The van der Waals surface area contributed by atoms with E-state index in [0.717, 1.165) is 6.92 Å². The largest absolute Gasteiger partial charge is 0.463 e. The second-order valence-corrected chi connectivity index (χ2v) is 3.24. The highest BCUT2D eigenvalue weighted by atomic mass is 16.5. The summed E-state index contributed by atoms with van der Waals surface area (Å²) in [5, 5.41) is 34.9. The van der Waals surface area contributed by atoms with Crippen LogP contribution in [0.5, 0.6) is 0 Å². The number of carbonyl (C=O) groups excluding carboxylic acids is 1. The van der Waals surface area contributed by atoms with Crippen molar-refractivity contribution < 1.29 is 30.0 Å². The van der Waals surface area contributed by atoms with Crippen molar-refractivity contribution in [3.05, 3.63) is 0 Å². The summed E-state index contributed by atoms with van der Waals surface area (Å²) in [7, 11) is 0. The lowest BCUT2D eigenvalue weighted by Gasteiger charge is -2.15. The Labute approximate surface area is 81.7 Å². The molecule has 14 heavy (non-hydrogen) atoms. The summed E-state index contributed by atoms with van der Waals surface area (Å²) in [5.74, 6) is -2.54. The first-order chi connectivity index (χ1) is 6.35. The van der Waals surface area contributed by atoms with Crippen molar-refractivity contribution in [2.45, 2.75) is 31.7 Å². The van der Waals surface area contributed by atoms with Gasteiger partial charge in [-0.15, -0.1) is 0 Å². The molecule has 1 unspecified atom stereocenters. The van der Waals surface area contributed by atoms with Gasteiger partial charge in [-0.05, 0) is 6.92 Å². The fourth-order valence-electron chi connectivity index (χ4n) is 0.653. The van der Waals surface area contributed by atoms with Crippen molar-refractivity contribution in [1.29, 1.82) is 0 Å². The summed E-state index contributed by atoms with van der Waals surface area (Å²) in [6, 6.07) is 0. The van der Waals surface area contributed by atoms with Gasteiger partial charge >= 0.3 is 5.97 Å². The van der Waals surface area contributed by atoms with E-state index in [-0.39, 0.29) is 19.4 Å². The van der Waals surface area contributed by atoms with Crippen molar-refractivity contribution in [2.75, 3.05) is 13.2 Å². The molecule has 0 aromatic carbocycles. The van der Waals surface area contributed by atoms with Gasteiger partial charge in [-0.1, -0.05) is 0 Å². The minimum absolute atomic E-state index is 0.138. The molecule has 0 spiro atoms. The Morgan fingerprint density at radius 2 is 2.07 bits per heavy atom. The second kappa shape index (κ2) is 5.92. The molecule has 0 aliphatic heterocycles. The molecule has 0 radical (unpaired) electrons. The molecule has 0 aromatic heterocycles. The zero-order valence-corrected chi connectivity index (χ0v) is 8.01. The van der Waals surface area contributed by atoms with Gasteiger partial charge in [0.15, 0.2) is 5.79 Å². The van der Waals surface area contributed by atoms with Crippen LogP contribution in [0.3, 0.4) is 0 Å². The zero-order valence-electron chi connectivity index (χ0n) is 8.01. The molecule has 0 aliphatic carbocycles. The molecule has 0 heterocycles. The third-order valence-corrected chi connectivity index (χ3v) is 1.45. The molecule has 4 N–H and O–H groups in total. The molecule has 6 nitrogen and oxygen atoms in total. The van der Waals surface area contributed by atoms with Crippen LogP contribution in [0.2, 0.25) is 0 Å². The minimum Gasteiger partial charge on any atom is -0.463 e. The van der Waals surface area contributed by atoms with E-state index in [1.54, 1.807) is 0 Å². The molecule has 0 amide bonds. The summed E-state index contributed by atoms with van der Waals surface area (Å²) < 4.78 is 4.52. The van der Waals surface area contributed by atoms with E-state index in [0.29, 0.717) is 0 Å². The van der Waals surface area contributed by atoms with Crippen LogP contribution in [0.15, 0.2) is 0 Å². The molecule has 0 rings (SSSR count). The summed E-state index contributed by atoms with van der Waals surface area (Å²) >= 11 is 0. The van der Waals surface area contributed by atoms with Crippen molar-refractivity contribution in [3.8, 4) is 0 Å². The zero-order chi connectivity index (χ0) is 11.2. The summed E-state index contributed by atoms with van der Waals surface area (Å²) in [6.45, 7) is 0.386.